The quantitative estimate of drug-likeness (QED) is 0.859. The Balaban J connectivity index is 2.01. The average molecular weight is 274 g/mol. The largest absolute Gasteiger partial charge is 0.308 e. The van der Waals surface area contributed by atoms with Crippen molar-refractivity contribution >= 4 is 23.1 Å². The van der Waals surface area contributed by atoms with Gasteiger partial charge in [0.2, 0.25) is 0 Å². The van der Waals surface area contributed by atoms with Gasteiger partial charge in [-0.2, -0.15) is 0 Å². The lowest BCUT2D eigenvalue weighted by molar-refractivity contribution is 0.0989. The first-order valence-electron chi connectivity index (χ1n) is 6.16. The molecule has 5 nitrogen and oxygen atoms in total. The van der Waals surface area contributed by atoms with Gasteiger partial charge in [0.05, 0.1) is 6.20 Å². The van der Waals surface area contributed by atoms with Crippen LogP contribution in [0.15, 0.2) is 30.5 Å². The van der Waals surface area contributed by atoms with E-state index < -0.39 is 0 Å². The Hall–Kier alpha value is -1.79. The van der Waals surface area contributed by atoms with Gasteiger partial charge in [0.1, 0.15) is 4.88 Å². The first-order chi connectivity index (χ1) is 9.25. The summed E-state index contributed by atoms with van der Waals surface area (Å²) in [5, 5.41) is 7.15. The molecule has 98 valence electrons. The van der Waals surface area contributed by atoms with Crippen molar-refractivity contribution in [3.8, 4) is 0 Å². The highest BCUT2D eigenvalue weighted by atomic mass is 32.1. The number of nitrogens with one attached hydrogen (secondary N) is 1. The molecule has 0 aliphatic carbocycles. The van der Waals surface area contributed by atoms with Crippen LogP contribution < -0.4 is 10.2 Å². The summed E-state index contributed by atoms with van der Waals surface area (Å²) < 4.78 is 3.77. The second-order valence-electron chi connectivity index (χ2n) is 4.61. The SMILES string of the molecule is CC1CN(C(=O)c2cnns2)c2ccccc2CN1. The van der Waals surface area contributed by atoms with E-state index in [-0.39, 0.29) is 11.9 Å². The van der Waals surface area contributed by atoms with Crippen LogP contribution in [0.2, 0.25) is 0 Å². The normalized spacial score (nSPS) is 18.8. The van der Waals surface area contributed by atoms with Gasteiger partial charge in [0, 0.05) is 24.8 Å². The number of carbonyl (C=O) groups excluding carboxylic acids is 1. The van der Waals surface area contributed by atoms with Crippen molar-refractivity contribution in [3.63, 3.8) is 0 Å². The van der Waals surface area contributed by atoms with Crippen LogP contribution in [0.5, 0.6) is 0 Å². The summed E-state index contributed by atoms with van der Waals surface area (Å²) in [6.07, 6.45) is 1.53. The van der Waals surface area contributed by atoms with E-state index in [1.54, 1.807) is 0 Å². The zero-order chi connectivity index (χ0) is 13.2. The number of anilines is 1. The molecule has 6 heteroatoms. The van der Waals surface area contributed by atoms with Crippen molar-refractivity contribution in [2.75, 3.05) is 11.4 Å². The van der Waals surface area contributed by atoms with Crippen LogP contribution in [-0.4, -0.2) is 28.1 Å². The molecule has 1 atom stereocenters. The second kappa shape index (κ2) is 5.07. The van der Waals surface area contributed by atoms with Gasteiger partial charge in [-0.25, -0.2) is 0 Å². The molecular weight excluding hydrogens is 260 g/mol. The van der Waals surface area contributed by atoms with Crippen molar-refractivity contribution in [2.24, 2.45) is 0 Å². The third-order valence-corrected chi connectivity index (χ3v) is 3.85. The van der Waals surface area contributed by atoms with Crippen LogP contribution in [0, 0.1) is 0 Å². The van der Waals surface area contributed by atoms with Gasteiger partial charge in [0.15, 0.2) is 0 Å². The molecule has 0 saturated carbocycles. The van der Waals surface area contributed by atoms with E-state index in [0.717, 1.165) is 29.3 Å². The monoisotopic (exact) mass is 274 g/mol. The van der Waals surface area contributed by atoms with Gasteiger partial charge >= 0.3 is 0 Å². The molecule has 0 spiro atoms. The predicted molar refractivity (Wildman–Crippen MR) is 74.3 cm³/mol. The maximum absolute atomic E-state index is 12.6. The van der Waals surface area contributed by atoms with Crippen molar-refractivity contribution < 1.29 is 4.79 Å². The molecule has 2 aromatic rings. The molecule has 1 aromatic carbocycles. The zero-order valence-corrected chi connectivity index (χ0v) is 11.4. The number of amides is 1. The van der Waals surface area contributed by atoms with E-state index in [9.17, 15) is 4.79 Å². The maximum Gasteiger partial charge on any atom is 0.271 e. The first kappa shape index (κ1) is 12.3. The highest BCUT2D eigenvalue weighted by Gasteiger charge is 2.25. The third-order valence-electron chi connectivity index (χ3n) is 3.20. The number of aromatic nitrogens is 2. The number of carbonyl (C=O) groups is 1. The molecular formula is C13H14N4OS. The number of hydrogen-bond acceptors (Lipinski definition) is 5. The maximum atomic E-state index is 12.6. The van der Waals surface area contributed by atoms with E-state index in [4.69, 9.17) is 0 Å². The zero-order valence-electron chi connectivity index (χ0n) is 10.5. The lowest BCUT2D eigenvalue weighted by Gasteiger charge is -2.23. The number of benzene rings is 1. The molecule has 0 radical (unpaired) electrons. The first-order valence-corrected chi connectivity index (χ1v) is 6.93. The van der Waals surface area contributed by atoms with Crippen molar-refractivity contribution in [2.45, 2.75) is 19.5 Å². The summed E-state index contributed by atoms with van der Waals surface area (Å²) in [6, 6.07) is 8.23. The van der Waals surface area contributed by atoms with Crippen LogP contribution in [-0.2, 0) is 6.54 Å². The Bertz CT molecular complexity index is 584. The summed E-state index contributed by atoms with van der Waals surface area (Å²) in [7, 11) is 0. The van der Waals surface area contributed by atoms with Crippen molar-refractivity contribution in [3.05, 3.63) is 40.9 Å². The molecule has 1 aliphatic rings. The van der Waals surface area contributed by atoms with E-state index >= 15 is 0 Å². The minimum Gasteiger partial charge on any atom is -0.308 e. The Kier molecular flexibility index (Phi) is 3.27. The van der Waals surface area contributed by atoms with Crippen LogP contribution in [0.1, 0.15) is 22.2 Å². The molecule has 1 aromatic heterocycles. The Labute approximate surface area is 115 Å². The van der Waals surface area contributed by atoms with Crippen LogP contribution in [0.3, 0.4) is 0 Å². The molecule has 19 heavy (non-hydrogen) atoms. The predicted octanol–water partition coefficient (Wildman–Crippen LogP) is 1.68. The molecule has 0 bridgehead atoms. The molecule has 1 amide bonds. The molecule has 1 N–H and O–H groups in total. The number of nitrogens with zero attached hydrogens (tertiary/aromatic N) is 3. The van der Waals surface area contributed by atoms with Gasteiger partial charge in [-0.3, -0.25) is 4.79 Å². The fourth-order valence-corrected chi connectivity index (χ4v) is 2.70. The minimum atomic E-state index is -0.0296. The summed E-state index contributed by atoms with van der Waals surface area (Å²) in [5.41, 5.74) is 2.11. The molecule has 1 aliphatic heterocycles. The third kappa shape index (κ3) is 2.36. The molecule has 0 saturated heterocycles. The number of rotatable bonds is 1. The topological polar surface area (TPSA) is 58.1 Å². The summed E-state index contributed by atoms with van der Waals surface area (Å²) in [6.45, 7) is 3.51. The van der Waals surface area contributed by atoms with Gasteiger partial charge in [-0.1, -0.05) is 22.7 Å². The van der Waals surface area contributed by atoms with Crippen molar-refractivity contribution in [1.82, 2.24) is 14.9 Å². The van der Waals surface area contributed by atoms with E-state index in [0.29, 0.717) is 11.4 Å². The highest BCUT2D eigenvalue weighted by molar-refractivity contribution is 7.07. The van der Waals surface area contributed by atoms with Gasteiger partial charge in [0.25, 0.3) is 5.91 Å². The van der Waals surface area contributed by atoms with E-state index in [1.165, 1.54) is 6.20 Å². The number of para-hydroxylation sites is 1. The highest BCUT2D eigenvalue weighted by Crippen LogP contribution is 2.25. The lowest BCUT2D eigenvalue weighted by atomic mass is 10.1. The Morgan fingerprint density at radius 1 is 1.47 bits per heavy atom. The second-order valence-corrected chi connectivity index (χ2v) is 5.39. The van der Waals surface area contributed by atoms with Crippen LogP contribution in [0.4, 0.5) is 5.69 Å². The molecule has 0 fully saturated rings. The van der Waals surface area contributed by atoms with Gasteiger partial charge in [-0.05, 0) is 30.1 Å². The van der Waals surface area contributed by atoms with Crippen LogP contribution >= 0.6 is 11.5 Å². The van der Waals surface area contributed by atoms with E-state index in [2.05, 4.69) is 21.8 Å². The van der Waals surface area contributed by atoms with Gasteiger partial charge in [-0.15, -0.1) is 5.10 Å². The lowest BCUT2D eigenvalue weighted by Crippen LogP contribution is -2.39. The minimum absolute atomic E-state index is 0.0296. The van der Waals surface area contributed by atoms with Crippen molar-refractivity contribution in [1.29, 1.82) is 0 Å². The smallest absolute Gasteiger partial charge is 0.271 e. The summed E-state index contributed by atoms with van der Waals surface area (Å²) >= 11 is 1.13. The fourth-order valence-electron chi connectivity index (χ4n) is 2.23. The Morgan fingerprint density at radius 2 is 2.32 bits per heavy atom. The molecule has 3 rings (SSSR count). The van der Waals surface area contributed by atoms with Crippen LogP contribution in [0.25, 0.3) is 0 Å². The van der Waals surface area contributed by atoms with Gasteiger partial charge < -0.3 is 10.2 Å². The number of fused-ring (bicyclic) bond motifs is 1. The molecule has 2 heterocycles. The number of hydrogen-bond donors (Lipinski definition) is 1. The summed E-state index contributed by atoms with van der Waals surface area (Å²) in [4.78, 5) is 14.9. The molecule has 1 unspecified atom stereocenters. The average Bonchev–Trinajstić information content (AvgIpc) is 2.91. The standard InChI is InChI=1S/C13H14N4OS/c1-9-8-17(13(18)12-7-15-16-19-12)11-5-3-2-4-10(11)6-14-9/h2-5,7,9,14H,6,8H2,1H3. The summed E-state index contributed by atoms with van der Waals surface area (Å²) in [5.74, 6) is -0.0296. The fraction of sp³-hybridized carbons (Fsp3) is 0.308. The van der Waals surface area contributed by atoms with E-state index in [1.807, 2.05) is 29.2 Å². The Morgan fingerprint density at radius 3 is 3.11 bits per heavy atom.